The number of esters is 1. The smallest absolute Gasteiger partial charge is 0.336 e. The van der Waals surface area contributed by atoms with Crippen molar-refractivity contribution in [2.24, 2.45) is 5.92 Å². The van der Waals surface area contributed by atoms with Crippen molar-refractivity contribution in [3.8, 4) is 5.75 Å². The maximum atomic E-state index is 12.2. The van der Waals surface area contributed by atoms with Crippen LogP contribution in [0.5, 0.6) is 5.75 Å². The van der Waals surface area contributed by atoms with Gasteiger partial charge in [0.25, 0.3) is 0 Å². The van der Waals surface area contributed by atoms with E-state index in [-0.39, 0.29) is 11.9 Å². The zero-order valence-electron chi connectivity index (χ0n) is 14.4. The zero-order chi connectivity index (χ0) is 17.5. The van der Waals surface area contributed by atoms with Crippen LogP contribution in [0.1, 0.15) is 39.7 Å². The molecule has 2 aromatic rings. The first kappa shape index (κ1) is 16.6. The third kappa shape index (κ3) is 2.90. The molecule has 1 aromatic carbocycles. The van der Waals surface area contributed by atoms with Crippen molar-refractivity contribution < 1.29 is 18.7 Å². The Morgan fingerprint density at radius 1 is 1.33 bits per heavy atom. The lowest BCUT2D eigenvalue weighted by molar-refractivity contribution is -0.165. The molecule has 0 N–H and O–H groups in total. The molecule has 2 heterocycles. The Hall–Kier alpha value is -2.30. The molecule has 0 spiro atoms. The second kappa shape index (κ2) is 5.96. The fourth-order valence-electron chi connectivity index (χ4n) is 2.85. The van der Waals surface area contributed by atoms with Gasteiger partial charge in [0.2, 0.25) is 0 Å². The van der Waals surface area contributed by atoms with E-state index in [1.165, 1.54) is 6.07 Å². The van der Waals surface area contributed by atoms with E-state index >= 15 is 0 Å². The lowest BCUT2D eigenvalue weighted by Crippen LogP contribution is -2.49. The first-order valence-electron chi connectivity index (χ1n) is 8.27. The first-order chi connectivity index (χ1) is 11.3. The Morgan fingerprint density at radius 3 is 2.75 bits per heavy atom. The largest absolute Gasteiger partial charge is 0.484 e. The first-order valence-corrected chi connectivity index (χ1v) is 8.27. The molecule has 0 bridgehead atoms. The number of rotatable bonds is 3. The van der Waals surface area contributed by atoms with Crippen molar-refractivity contribution in [3.63, 3.8) is 0 Å². The Bertz CT molecular complexity index is 833. The third-order valence-corrected chi connectivity index (χ3v) is 4.66. The van der Waals surface area contributed by atoms with Crippen LogP contribution >= 0.6 is 0 Å². The number of benzene rings is 1. The molecule has 5 heteroatoms. The number of fused-ring (bicyclic) bond motifs is 3. The predicted octanol–water partition coefficient (Wildman–Crippen LogP) is 3.46. The minimum absolute atomic E-state index is 0.160. The van der Waals surface area contributed by atoms with Gasteiger partial charge in [-0.05, 0) is 38.5 Å². The summed E-state index contributed by atoms with van der Waals surface area (Å²) in [5.74, 6) is 0.273. The topological polar surface area (TPSA) is 65.7 Å². The van der Waals surface area contributed by atoms with Crippen molar-refractivity contribution in [2.75, 3.05) is 0 Å². The average Bonchev–Trinajstić information content (AvgIpc) is 2.54. The van der Waals surface area contributed by atoms with Crippen LogP contribution in [-0.2, 0) is 16.0 Å². The summed E-state index contributed by atoms with van der Waals surface area (Å²) in [6.07, 6.45) is 0.735. The van der Waals surface area contributed by atoms with Gasteiger partial charge in [0.15, 0.2) is 0 Å². The van der Waals surface area contributed by atoms with E-state index in [4.69, 9.17) is 13.9 Å². The highest BCUT2D eigenvalue weighted by Gasteiger charge is 2.41. The summed E-state index contributed by atoms with van der Waals surface area (Å²) < 4.78 is 17.1. The van der Waals surface area contributed by atoms with E-state index < -0.39 is 17.3 Å². The Kier molecular flexibility index (Phi) is 4.11. The monoisotopic (exact) mass is 330 g/mol. The molecule has 0 saturated heterocycles. The van der Waals surface area contributed by atoms with Gasteiger partial charge in [-0.15, -0.1) is 0 Å². The minimum atomic E-state index is -0.654. The fourth-order valence-corrected chi connectivity index (χ4v) is 2.85. The highest BCUT2D eigenvalue weighted by molar-refractivity contribution is 5.82. The quantitative estimate of drug-likeness (QED) is 0.637. The number of carbonyl (C=O) groups is 1. The average molecular weight is 330 g/mol. The molecule has 1 aliphatic heterocycles. The van der Waals surface area contributed by atoms with Crippen LogP contribution in [0.25, 0.3) is 11.0 Å². The summed E-state index contributed by atoms with van der Waals surface area (Å²) in [6, 6.07) is 6.84. The molecule has 0 amide bonds. The molecule has 128 valence electrons. The molecule has 0 radical (unpaired) electrons. The van der Waals surface area contributed by atoms with Crippen LogP contribution in [0.4, 0.5) is 0 Å². The number of ether oxygens (including phenoxy) is 2. The minimum Gasteiger partial charge on any atom is -0.484 e. The van der Waals surface area contributed by atoms with Crippen molar-refractivity contribution >= 4 is 16.9 Å². The Balaban J connectivity index is 2.01. The standard InChI is InChI=1S/C19H22O5/c1-5-11(2)18(21)22-15-10-13-14(24-19(15,3)4)8-6-12-7-9-16(20)23-17(12)13/h6-9,11,15H,5,10H2,1-4H3/t11?,15-/m0/s1. The molecule has 5 nitrogen and oxygen atoms in total. The van der Waals surface area contributed by atoms with Gasteiger partial charge in [-0.2, -0.15) is 0 Å². The summed E-state index contributed by atoms with van der Waals surface area (Å²) in [7, 11) is 0. The Labute approximate surface area is 140 Å². The molecule has 24 heavy (non-hydrogen) atoms. The summed E-state index contributed by atoms with van der Waals surface area (Å²) in [5.41, 5.74) is 0.208. The van der Waals surface area contributed by atoms with Crippen LogP contribution in [0.15, 0.2) is 33.5 Å². The molecule has 2 atom stereocenters. The van der Waals surface area contributed by atoms with Gasteiger partial charge >= 0.3 is 11.6 Å². The lowest BCUT2D eigenvalue weighted by Gasteiger charge is -2.39. The zero-order valence-corrected chi connectivity index (χ0v) is 14.4. The van der Waals surface area contributed by atoms with E-state index in [0.717, 1.165) is 17.4 Å². The van der Waals surface area contributed by atoms with Crippen LogP contribution < -0.4 is 10.4 Å². The van der Waals surface area contributed by atoms with Crippen molar-refractivity contribution in [1.82, 2.24) is 0 Å². The van der Waals surface area contributed by atoms with Crippen LogP contribution in [0.2, 0.25) is 0 Å². The fraction of sp³-hybridized carbons (Fsp3) is 0.474. The van der Waals surface area contributed by atoms with Crippen LogP contribution in [-0.4, -0.2) is 17.7 Å². The second-order valence-corrected chi connectivity index (χ2v) is 6.86. The molecule has 1 aromatic heterocycles. The van der Waals surface area contributed by atoms with Crippen LogP contribution in [0.3, 0.4) is 0 Å². The summed E-state index contributed by atoms with van der Waals surface area (Å²) in [4.78, 5) is 23.8. The van der Waals surface area contributed by atoms with E-state index in [9.17, 15) is 9.59 Å². The summed E-state index contributed by atoms with van der Waals surface area (Å²) >= 11 is 0. The maximum absolute atomic E-state index is 12.2. The van der Waals surface area contributed by atoms with Gasteiger partial charge < -0.3 is 13.9 Å². The molecule has 1 unspecified atom stereocenters. The van der Waals surface area contributed by atoms with E-state index in [1.807, 2.05) is 39.8 Å². The molecule has 0 saturated carbocycles. The van der Waals surface area contributed by atoms with Crippen molar-refractivity contribution in [3.05, 3.63) is 40.2 Å². The molecule has 1 aliphatic rings. The molecular formula is C19H22O5. The Morgan fingerprint density at radius 2 is 2.04 bits per heavy atom. The van der Waals surface area contributed by atoms with Gasteiger partial charge in [-0.3, -0.25) is 4.79 Å². The van der Waals surface area contributed by atoms with E-state index in [2.05, 4.69) is 0 Å². The van der Waals surface area contributed by atoms with E-state index in [0.29, 0.717) is 17.8 Å². The SMILES string of the molecule is CCC(C)C(=O)O[C@H]1Cc2c(ccc3ccc(=O)oc23)OC1(C)C. The van der Waals surface area contributed by atoms with Crippen LogP contribution in [0, 0.1) is 5.92 Å². The third-order valence-electron chi connectivity index (χ3n) is 4.66. The molecule has 0 aliphatic carbocycles. The normalized spacial score (nSPS) is 20.1. The molecule has 0 fully saturated rings. The van der Waals surface area contributed by atoms with Gasteiger partial charge in [0.05, 0.1) is 5.92 Å². The molecule has 3 rings (SSSR count). The van der Waals surface area contributed by atoms with Crippen molar-refractivity contribution in [2.45, 2.75) is 52.2 Å². The number of hydrogen-bond donors (Lipinski definition) is 0. The summed E-state index contributed by atoms with van der Waals surface area (Å²) in [5, 5.41) is 0.823. The highest BCUT2D eigenvalue weighted by atomic mass is 16.6. The van der Waals surface area contributed by atoms with Gasteiger partial charge in [0, 0.05) is 23.4 Å². The predicted molar refractivity (Wildman–Crippen MR) is 90.2 cm³/mol. The van der Waals surface area contributed by atoms with Gasteiger partial charge in [-0.25, -0.2) is 4.79 Å². The number of carbonyl (C=O) groups excluding carboxylic acids is 1. The van der Waals surface area contributed by atoms with Crippen molar-refractivity contribution in [1.29, 1.82) is 0 Å². The number of hydrogen-bond acceptors (Lipinski definition) is 5. The second-order valence-electron chi connectivity index (χ2n) is 6.86. The highest BCUT2D eigenvalue weighted by Crippen LogP contribution is 2.38. The lowest BCUT2D eigenvalue weighted by atomic mass is 9.89. The summed E-state index contributed by atoms with van der Waals surface area (Å²) in [6.45, 7) is 7.60. The molecular weight excluding hydrogens is 308 g/mol. The maximum Gasteiger partial charge on any atom is 0.336 e. The van der Waals surface area contributed by atoms with E-state index in [1.54, 1.807) is 6.07 Å². The van der Waals surface area contributed by atoms with Gasteiger partial charge in [-0.1, -0.05) is 13.8 Å². The van der Waals surface area contributed by atoms with Gasteiger partial charge in [0.1, 0.15) is 23.0 Å².